The second-order valence-electron chi connectivity index (χ2n) is 7.55. The molecule has 0 aliphatic heterocycles. The van der Waals surface area contributed by atoms with Crippen molar-refractivity contribution in [1.29, 1.82) is 0 Å². The van der Waals surface area contributed by atoms with Crippen molar-refractivity contribution in [1.82, 2.24) is 10.2 Å². The van der Waals surface area contributed by atoms with Crippen LogP contribution in [0.2, 0.25) is 0 Å². The fourth-order valence-corrected chi connectivity index (χ4v) is 1.74. The summed E-state index contributed by atoms with van der Waals surface area (Å²) >= 11 is 0. The number of esters is 1. The SMILES string of the molecule is COC(=O)N(CC(N)=O)CC(NC(=O)OC(C)(C)C)C(=O)OC(C)(C)C. The Hall–Kier alpha value is -2.52. The minimum atomic E-state index is -1.29. The van der Waals surface area contributed by atoms with Crippen molar-refractivity contribution in [2.24, 2.45) is 5.73 Å². The molecule has 3 amide bonds. The number of nitrogens with one attached hydrogen (secondary N) is 1. The van der Waals surface area contributed by atoms with Crippen LogP contribution in [0.3, 0.4) is 0 Å². The first-order chi connectivity index (χ1) is 11.6. The largest absolute Gasteiger partial charge is 0.458 e. The van der Waals surface area contributed by atoms with E-state index in [0.29, 0.717) is 0 Å². The van der Waals surface area contributed by atoms with Gasteiger partial charge < -0.3 is 25.3 Å². The van der Waals surface area contributed by atoms with Crippen molar-refractivity contribution < 1.29 is 33.4 Å². The lowest BCUT2D eigenvalue weighted by atomic mass is 10.2. The van der Waals surface area contributed by atoms with Crippen LogP contribution >= 0.6 is 0 Å². The van der Waals surface area contributed by atoms with Gasteiger partial charge in [0.05, 0.1) is 13.7 Å². The number of nitrogens with two attached hydrogens (primary N) is 1. The summed E-state index contributed by atoms with van der Waals surface area (Å²) in [4.78, 5) is 48.3. The quantitative estimate of drug-likeness (QED) is 0.517. The van der Waals surface area contributed by atoms with Gasteiger partial charge in [-0.15, -0.1) is 0 Å². The average molecular weight is 375 g/mol. The molecular weight excluding hydrogens is 346 g/mol. The Balaban J connectivity index is 5.40. The van der Waals surface area contributed by atoms with Crippen LogP contribution in [-0.2, 0) is 23.8 Å². The predicted molar refractivity (Wildman–Crippen MR) is 92.2 cm³/mol. The summed E-state index contributed by atoms with van der Waals surface area (Å²) in [6.45, 7) is 9.03. The summed E-state index contributed by atoms with van der Waals surface area (Å²) < 4.78 is 14.9. The number of nitrogens with zero attached hydrogens (tertiary/aromatic N) is 1. The summed E-state index contributed by atoms with van der Waals surface area (Å²) in [6, 6.07) is -1.29. The molecule has 0 aliphatic rings. The molecule has 150 valence electrons. The van der Waals surface area contributed by atoms with E-state index in [1.54, 1.807) is 41.5 Å². The van der Waals surface area contributed by atoms with E-state index in [9.17, 15) is 19.2 Å². The molecule has 1 atom stereocenters. The second kappa shape index (κ2) is 9.25. The van der Waals surface area contributed by atoms with Crippen molar-refractivity contribution in [2.45, 2.75) is 58.8 Å². The van der Waals surface area contributed by atoms with Crippen molar-refractivity contribution in [3.8, 4) is 0 Å². The normalized spacial score (nSPS) is 12.6. The fraction of sp³-hybridized carbons (Fsp3) is 0.750. The van der Waals surface area contributed by atoms with E-state index >= 15 is 0 Å². The van der Waals surface area contributed by atoms with E-state index in [0.717, 1.165) is 12.0 Å². The number of primary amides is 1. The van der Waals surface area contributed by atoms with Crippen LogP contribution in [0.15, 0.2) is 0 Å². The van der Waals surface area contributed by atoms with Gasteiger partial charge in [-0.25, -0.2) is 14.4 Å². The highest BCUT2D eigenvalue weighted by atomic mass is 16.6. The molecule has 0 aromatic carbocycles. The van der Waals surface area contributed by atoms with E-state index in [2.05, 4.69) is 10.1 Å². The molecule has 0 aromatic rings. The number of hydrogen-bond donors (Lipinski definition) is 2. The monoisotopic (exact) mass is 375 g/mol. The van der Waals surface area contributed by atoms with Gasteiger partial charge in [0.15, 0.2) is 0 Å². The number of alkyl carbamates (subject to hydrolysis) is 1. The zero-order valence-corrected chi connectivity index (χ0v) is 16.4. The smallest absolute Gasteiger partial charge is 0.410 e. The first-order valence-corrected chi connectivity index (χ1v) is 7.98. The zero-order chi connectivity index (χ0) is 20.7. The van der Waals surface area contributed by atoms with Gasteiger partial charge in [0.25, 0.3) is 0 Å². The van der Waals surface area contributed by atoms with Gasteiger partial charge in [-0.3, -0.25) is 9.69 Å². The van der Waals surface area contributed by atoms with Gasteiger partial charge in [-0.1, -0.05) is 0 Å². The van der Waals surface area contributed by atoms with Crippen LogP contribution in [-0.4, -0.2) is 66.4 Å². The highest BCUT2D eigenvalue weighted by Gasteiger charge is 2.32. The molecule has 0 fully saturated rings. The first kappa shape index (κ1) is 23.5. The number of methoxy groups -OCH3 is 1. The first-order valence-electron chi connectivity index (χ1n) is 7.98. The molecular formula is C16H29N3O7. The third kappa shape index (κ3) is 10.4. The second-order valence-corrected chi connectivity index (χ2v) is 7.55. The van der Waals surface area contributed by atoms with Gasteiger partial charge in [0, 0.05) is 0 Å². The molecule has 26 heavy (non-hydrogen) atoms. The molecule has 0 heterocycles. The molecule has 3 N–H and O–H groups in total. The Labute approximate surface area is 153 Å². The van der Waals surface area contributed by atoms with Crippen LogP contribution < -0.4 is 11.1 Å². The third-order valence-corrected chi connectivity index (χ3v) is 2.56. The maximum absolute atomic E-state index is 12.4. The number of carbonyl (C=O) groups is 4. The maximum atomic E-state index is 12.4. The standard InChI is InChI=1S/C16H29N3O7/c1-15(2,3)25-12(21)10(18-13(22)26-16(4,5)6)8-19(9-11(17)20)14(23)24-7/h10H,8-9H2,1-7H3,(H2,17,20)(H,18,22). The van der Waals surface area contributed by atoms with E-state index in [1.807, 2.05) is 0 Å². The van der Waals surface area contributed by atoms with Gasteiger partial charge in [-0.2, -0.15) is 0 Å². The fourth-order valence-electron chi connectivity index (χ4n) is 1.74. The lowest BCUT2D eigenvalue weighted by Crippen LogP contribution is -2.53. The van der Waals surface area contributed by atoms with E-state index in [-0.39, 0.29) is 6.54 Å². The molecule has 0 aromatic heterocycles. The molecule has 0 radical (unpaired) electrons. The molecule has 0 saturated carbocycles. The zero-order valence-electron chi connectivity index (χ0n) is 16.4. The number of rotatable bonds is 6. The molecule has 0 bridgehead atoms. The number of amides is 3. The van der Waals surface area contributed by atoms with E-state index in [1.165, 1.54) is 0 Å². The average Bonchev–Trinajstić information content (AvgIpc) is 2.40. The van der Waals surface area contributed by atoms with Gasteiger partial charge >= 0.3 is 18.2 Å². The van der Waals surface area contributed by atoms with Gasteiger partial charge in [0.1, 0.15) is 23.8 Å². The maximum Gasteiger partial charge on any atom is 0.410 e. The van der Waals surface area contributed by atoms with Crippen molar-refractivity contribution in [3.63, 3.8) is 0 Å². The Bertz CT molecular complexity index is 535. The number of carbonyl (C=O) groups excluding carboxylic acids is 4. The third-order valence-electron chi connectivity index (χ3n) is 2.56. The van der Waals surface area contributed by atoms with Crippen molar-refractivity contribution in [2.75, 3.05) is 20.2 Å². The summed E-state index contributed by atoms with van der Waals surface area (Å²) in [7, 11) is 1.11. The summed E-state index contributed by atoms with van der Waals surface area (Å²) in [5.41, 5.74) is 3.48. The van der Waals surface area contributed by atoms with Gasteiger partial charge in [0.2, 0.25) is 5.91 Å². The van der Waals surface area contributed by atoms with Crippen LogP contribution in [0, 0.1) is 0 Å². The van der Waals surface area contributed by atoms with Crippen LogP contribution in [0.4, 0.5) is 9.59 Å². The van der Waals surface area contributed by atoms with Crippen LogP contribution in [0.5, 0.6) is 0 Å². The van der Waals surface area contributed by atoms with E-state index < -0.39 is 47.9 Å². The lowest BCUT2D eigenvalue weighted by Gasteiger charge is -2.29. The molecule has 0 saturated heterocycles. The predicted octanol–water partition coefficient (Wildman–Crippen LogP) is 0.775. The van der Waals surface area contributed by atoms with E-state index in [4.69, 9.17) is 15.2 Å². The van der Waals surface area contributed by atoms with Crippen molar-refractivity contribution in [3.05, 3.63) is 0 Å². The summed E-state index contributed by atoms with van der Waals surface area (Å²) in [6.07, 6.45) is -1.76. The number of ether oxygens (including phenoxy) is 3. The molecule has 0 aliphatic carbocycles. The minimum Gasteiger partial charge on any atom is -0.458 e. The Morgan fingerprint density at radius 2 is 1.50 bits per heavy atom. The lowest BCUT2D eigenvalue weighted by molar-refractivity contribution is -0.158. The molecule has 0 rings (SSSR count). The topological polar surface area (TPSA) is 137 Å². The summed E-state index contributed by atoms with van der Waals surface area (Å²) in [5, 5.41) is 2.34. The Morgan fingerprint density at radius 3 is 1.88 bits per heavy atom. The number of hydrogen-bond acceptors (Lipinski definition) is 7. The Morgan fingerprint density at radius 1 is 1.00 bits per heavy atom. The molecule has 10 heteroatoms. The highest BCUT2D eigenvalue weighted by molar-refractivity contribution is 5.84. The van der Waals surface area contributed by atoms with Crippen molar-refractivity contribution >= 4 is 24.1 Å². The minimum absolute atomic E-state index is 0.385. The summed E-state index contributed by atoms with van der Waals surface area (Å²) in [5.74, 6) is -1.61. The highest BCUT2D eigenvalue weighted by Crippen LogP contribution is 2.11. The van der Waals surface area contributed by atoms with Gasteiger partial charge in [-0.05, 0) is 41.5 Å². The Kier molecular flexibility index (Phi) is 8.36. The molecule has 0 spiro atoms. The van der Waals surface area contributed by atoms with Crippen LogP contribution in [0.25, 0.3) is 0 Å². The molecule has 1 unspecified atom stereocenters. The molecule has 10 nitrogen and oxygen atoms in total. The van der Waals surface area contributed by atoms with Crippen LogP contribution in [0.1, 0.15) is 41.5 Å².